The van der Waals surface area contributed by atoms with Crippen molar-refractivity contribution in [1.29, 1.82) is 0 Å². The highest BCUT2D eigenvalue weighted by Gasteiger charge is 2.25. The number of pyridine rings is 1. The lowest BCUT2D eigenvalue weighted by molar-refractivity contribution is 0.981. The summed E-state index contributed by atoms with van der Waals surface area (Å²) in [6.45, 7) is 0. The van der Waals surface area contributed by atoms with Crippen molar-refractivity contribution in [3.8, 4) is 61.6 Å². The summed E-state index contributed by atoms with van der Waals surface area (Å²) in [5.41, 5.74) is 15.9. The molecule has 56 heavy (non-hydrogen) atoms. The second-order valence-electron chi connectivity index (χ2n) is 14.3. The van der Waals surface area contributed by atoms with Gasteiger partial charge >= 0.3 is 0 Å². The predicted molar refractivity (Wildman–Crippen MR) is 234 cm³/mol. The van der Waals surface area contributed by atoms with Crippen molar-refractivity contribution in [2.45, 2.75) is 0 Å². The first-order valence-corrected chi connectivity index (χ1v) is 19.1. The first-order chi connectivity index (χ1) is 27.8. The molecule has 0 aliphatic rings. The number of benzene rings is 8. The molecule has 0 aliphatic heterocycles. The number of para-hydroxylation sites is 2. The van der Waals surface area contributed by atoms with Crippen molar-refractivity contribution in [3.05, 3.63) is 212 Å². The Labute approximate surface area is 325 Å². The van der Waals surface area contributed by atoms with E-state index in [9.17, 15) is 0 Å². The highest BCUT2D eigenvalue weighted by atomic mass is 15.2. The van der Waals surface area contributed by atoms with Gasteiger partial charge in [0.1, 0.15) is 5.69 Å². The zero-order chi connectivity index (χ0) is 37.0. The van der Waals surface area contributed by atoms with Crippen LogP contribution in [-0.2, 0) is 0 Å². The van der Waals surface area contributed by atoms with E-state index < -0.39 is 0 Å². The highest BCUT2D eigenvalue weighted by Crippen LogP contribution is 2.46. The third-order valence-electron chi connectivity index (χ3n) is 11.2. The molecule has 8 aromatic carbocycles. The van der Waals surface area contributed by atoms with Crippen LogP contribution in [0.5, 0.6) is 0 Å². The topological polar surface area (TPSA) is 22.2 Å². The quantitative estimate of drug-likeness (QED) is 0.168. The minimum atomic E-state index is 0.969. The van der Waals surface area contributed by atoms with Crippen molar-refractivity contribution < 1.29 is 0 Å². The molecule has 0 fully saturated rings. The fraction of sp³-hybridized carbons (Fsp3) is 0. The fourth-order valence-electron chi connectivity index (χ4n) is 8.63. The molecule has 0 aliphatic carbocycles. The van der Waals surface area contributed by atoms with Crippen LogP contribution in [0, 0.1) is 0 Å². The molecular formula is C53H35N3. The Morgan fingerprint density at radius 2 is 0.732 bits per heavy atom. The average Bonchev–Trinajstić information content (AvgIpc) is 3.84. The van der Waals surface area contributed by atoms with Crippen LogP contribution in [0.25, 0.3) is 99.7 Å². The molecule has 3 heteroatoms. The molecule has 11 rings (SSSR count). The first-order valence-electron chi connectivity index (χ1n) is 19.1. The van der Waals surface area contributed by atoms with Crippen molar-refractivity contribution in [3.63, 3.8) is 0 Å². The Bertz CT molecular complexity index is 3140. The summed E-state index contributed by atoms with van der Waals surface area (Å²) < 4.78 is 4.57. The molecule has 0 bridgehead atoms. The number of nitrogens with zero attached hydrogens (tertiary/aromatic N) is 3. The Morgan fingerprint density at radius 3 is 1.32 bits per heavy atom. The van der Waals surface area contributed by atoms with Gasteiger partial charge in [-0.15, -0.1) is 0 Å². The van der Waals surface area contributed by atoms with E-state index in [1.54, 1.807) is 0 Å². The smallest absolute Gasteiger partial charge is 0.101 e. The van der Waals surface area contributed by atoms with Crippen LogP contribution in [0.3, 0.4) is 0 Å². The molecule has 0 unspecified atom stereocenters. The second kappa shape index (κ2) is 13.1. The molecule has 0 amide bonds. The van der Waals surface area contributed by atoms with Crippen LogP contribution >= 0.6 is 0 Å². The van der Waals surface area contributed by atoms with Crippen LogP contribution in [-0.4, -0.2) is 14.2 Å². The van der Waals surface area contributed by atoms with E-state index >= 15 is 0 Å². The van der Waals surface area contributed by atoms with E-state index in [4.69, 9.17) is 5.10 Å². The van der Waals surface area contributed by atoms with Gasteiger partial charge in [-0.1, -0.05) is 188 Å². The first kappa shape index (κ1) is 32.0. The Morgan fingerprint density at radius 1 is 0.304 bits per heavy atom. The van der Waals surface area contributed by atoms with Gasteiger partial charge in [0.15, 0.2) is 0 Å². The van der Waals surface area contributed by atoms with Crippen LogP contribution in [0.15, 0.2) is 212 Å². The van der Waals surface area contributed by atoms with Gasteiger partial charge in [0.05, 0.1) is 22.2 Å². The minimum Gasteiger partial charge on any atom is -0.309 e. The Kier molecular flexibility index (Phi) is 7.49. The summed E-state index contributed by atoms with van der Waals surface area (Å²) in [6.07, 6.45) is 0. The molecular weight excluding hydrogens is 679 g/mol. The Hall–Kier alpha value is -7.49. The van der Waals surface area contributed by atoms with E-state index in [2.05, 4.69) is 221 Å². The molecule has 0 spiro atoms. The molecule has 3 heterocycles. The number of hydrogen-bond acceptors (Lipinski definition) is 1. The van der Waals surface area contributed by atoms with Crippen molar-refractivity contribution in [2.75, 3.05) is 0 Å². The van der Waals surface area contributed by atoms with Gasteiger partial charge in [0.2, 0.25) is 0 Å². The normalized spacial score (nSPS) is 11.6. The minimum absolute atomic E-state index is 0.969. The third kappa shape index (κ3) is 5.09. The molecule has 3 aromatic heterocycles. The van der Waals surface area contributed by atoms with Gasteiger partial charge in [-0.05, 0) is 51.9 Å². The zero-order valence-electron chi connectivity index (χ0n) is 30.5. The molecule has 262 valence electrons. The molecule has 11 aromatic rings. The maximum Gasteiger partial charge on any atom is 0.101 e. The van der Waals surface area contributed by atoms with Gasteiger partial charge in [0, 0.05) is 44.1 Å². The van der Waals surface area contributed by atoms with Crippen LogP contribution < -0.4 is 0 Å². The lowest BCUT2D eigenvalue weighted by Gasteiger charge is -2.18. The lowest BCUT2D eigenvalue weighted by Crippen LogP contribution is -2.00. The van der Waals surface area contributed by atoms with E-state index in [1.807, 2.05) is 0 Å². The van der Waals surface area contributed by atoms with Gasteiger partial charge in [-0.25, -0.2) is 4.52 Å². The Balaban J connectivity index is 1.09. The zero-order valence-corrected chi connectivity index (χ0v) is 30.5. The second-order valence-corrected chi connectivity index (χ2v) is 14.3. The summed E-state index contributed by atoms with van der Waals surface area (Å²) >= 11 is 0. The monoisotopic (exact) mass is 713 g/mol. The van der Waals surface area contributed by atoms with Gasteiger partial charge < -0.3 is 4.57 Å². The van der Waals surface area contributed by atoms with Crippen molar-refractivity contribution in [1.82, 2.24) is 14.2 Å². The van der Waals surface area contributed by atoms with E-state index in [-0.39, 0.29) is 0 Å². The molecule has 0 radical (unpaired) electrons. The van der Waals surface area contributed by atoms with E-state index in [1.165, 1.54) is 43.7 Å². The molecule has 3 nitrogen and oxygen atoms in total. The van der Waals surface area contributed by atoms with Crippen molar-refractivity contribution >= 4 is 38.1 Å². The summed E-state index contributed by atoms with van der Waals surface area (Å²) in [6, 6.07) is 76.1. The van der Waals surface area contributed by atoms with Crippen LogP contribution in [0.4, 0.5) is 0 Å². The average molecular weight is 714 g/mol. The van der Waals surface area contributed by atoms with Gasteiger partial charge in [-0.2, -0.15) is 5.10 Å². The van der Waals surface area contributed by atoms with Crippen LogP contribution in [0.2, 0.25) is 0 Å². The molecule has 0 saturated carbocycles. The number of rotatable bonds is 6. The summed E-state index contributed by atoms with van der Waals surface area (Å²) in [5, 5.41) is 10.4. The molecule has 0 N–H and O–H groups in total. The number of fused-ring (bicyclic) bond motifs is 6. The fourth-order valence-corrected chi connectivity index (χ4v) is 8.63. The maximum atomic E-state index is 5.52. The lowest BCUT2D eigenvalue weighted by atomic mass is 9.90. The number of aromatic nitrogens is 3. The van der Waals surface area contributed by atoms with Gasteiger partial charge in [0.25, 0.3) is 0 Å². The summed E-state index contributed by atoms with van der Waals surface area (Å²) in [4.78, 5) is 0. The predicted octanol–water partition coefficient (Wildman–Crippen LogP) is 13.9. The van der Waals surface area contributed by atoms with E-state index in [0.717, 1.165) is 56.0 Å². The largest absolute Gasteiger partial charge is 0.309 e. The molecule has 0 atom stereocenters. The molecule has 0 saturated heterocycles. The highest BCUT2D eigenvalue weighted by molar-refractivity contribution is 6.15. The SMILES string of the molecule is c1ccc(-c2nn3c(-c4ccccc4)c(-c4ccc(-c5ccc(-n6c7ccccc7c7ccccc76)cc5)cc4)c4ccccc4c3c2-c2ccccc2)cc1. The third-order valence-corrected chi connectivity index (χ3v) is 11.2. The number of hydrogen-bond donors (Lipinski definition) is 0. The standard InChI is InChI=1S/C53H35N3/c1-4-16-38(17-5-1)50-51(40-18-6-2-7-19-40)54-56-52(41-20-8-3-9-21-41)49(45-24-10-11-25-46(45)53(50)56)39-30-28-36(29-31-39)37-32-34-42(35-33-37)55-47-26-14-12-22-43(47)44-23-13-15-27-48(44)55/h1-35H. The summed E-state index contributed by atoms with van der Waals surface area (Å²) in [7, 11) is 0. The van der Waals surface area contributed by atoms with E-state index in [0.29, 0.717) is 0 Å². The van der Waals surface area contributed by atoms with Gasteiger partial charge in [-0.3, -0.25) is 0 Å². The van der Waals surface area contributed by atoms with Crippen LogP contribution in [0.1, 0.15) is 0 Å². The van der Waals surface area contributed by atoms with Crippen molar-refractivity contribution in [2.24, 2.45) is 0 Å². The summed E-state index contributed by atoms with van der Waals surface area (Å²) in [5.74, 6) is 0. The maximum absolute atomic E-state index is 5.52.